The van der Waals surface area contributed by atoms with Crippen molar-refractivity contribution in [1.82, 2.24) is 10.1 Å². The van der Waals surface area contributed by atoms with E-state index >= 15 is 0 Å². The van der Waals surface area contributed by atoms with Crippen molar-refractivity contribution < 1.29 is 14.1 Å². The van der Waals surface area contributed by atoms with Gasteiger partial charge in [0.25, 0.3) is 0 Å². The SMILES string of the molecule is COC(=O)c1c(-c2ccncc2)noc1C. The molecule has 0 N–H and O–H groups in total. The Balaban J connectivity index is 2.55. The van der Waals surface area contributed by atoms with Crippen molar-refractivity contribution in [2.45, 2.75) is 6.92 Å². The Morgan fingerprint density at radius 3 is 2.69 bits per heavy atom. The van der Waals surface area contributed by atoms with Gasteiger partial charge >= 0.3 is 5.97 Å². The highest BCUT2D eigenvalue weighted by molar-refractivity contribution is 5.96. The summed E-state index contributed by atoms with van der Waals surface area (Å²) in [6.07, 6.45) is 3.25. The van der Waals surface area contributed by atoms with E-state index in [2.05, 4.69) is 14.9 Å². The van der Waals surface area contributed by atoms with Crippen LogP contribution in [-0.4, -0.2) is 23.2 Å². The largest absolute Gasteiger partial charge is 0.465 e. The van der Waals surface area contributed by atoms with Crippen LogP contribution >= 0.6 is 0 Å². The highest BCUT2D eigenvalue weighted by Gasteiger charge is 2.21. The van der Waals surface area contributed by atoms with E-state index in [1.165, 1.54) is 7.11 Å². The number of aromatic nitrogens is 2. The van der Waals surface area contributed by atoms with E-state index in [0.717, 1.165) is 5.56 Å². The predicted octanol–water partition coefficient (Wildman–Crippen LogP) is 1.83. The van der Waals surface area contributed by atoms with Gasteiger partial charge in [0, 0.05) is 18.0 Å². The Bertz CT molecular complexity index is 505. The number of methoxy groups -OCH3 is 1. The van der Waals surface area contributed by atoms with Gasteiger partial charge in [-0.2, -0.15) is 0 Å². The monoisotopic (exact) mass is 218 g/mol. The smallest absolute Gasteiger partial charge is 0.343 e. The zero-order valence-electron chi connectivity index (χ0n) is 8.93. The molecule has 0 aliphatic heterocycles. The van der Waals surface area contributed by atoms with E-state index in [-0.39, 0.29) is 0 Å². The lowest BCUT2D eigenvalue weighted by molar-refractivity contribution is 0.0599. The van der Waals surface area contributed by atoms with Crippen molar-refractivity contribution >= 4 is 5.97 Å². The second-order valence-corrected chi connectivity index (χ2v) is 3.19. The molecule has 5 nitrogen and oxygen atoms in total. The van der Waals surface area contributed by atoms with Gasteiger partial charge in [-0.25, -0.2) is 4.79 Å². The van der Waals surface area contributed by atoms with Gasteiger partial charge in [0.05, 0.1) is 7.11 Å². The molecule has 5 heteroatoms. The number of nitrogens with zero attached hydrogens (tertiary/aromatic N) is 2. The third kappa shape index (κ3) is 1.67. The molecular weight excluding hydrogens is 208 g/mol. The Labute approximate surface area is 92.0 Å². The van der Waals surface area contributed by atoms with Crippen LogP contribution in [0.5, 0.6) is 0 Å². The standard InChI is InChI=1S/C11H10N2O3/c1-7-9(11(14)15-2)10(13-16-7)8-3-5-12-6-4-8/h3-6H,1-2H3. The van der Waals surface area contributed by atoms with Gasteiger partial charge in [-0.3, -0.25) is 4.98 Å². The first-order valence-corrected chi connectivity index (χ1v) is 4.69. The van der Waals surface area contributed by atoms with Crippen LogP contribution < -0.4 is 0 Å². The number of ether oxygens (including phenoxy) is 1. The van der Waals surface area contributed by atoms with Crippen molar-refractivity contribution in [2.75, 3.05) is 7.11 Å². The molecular formula is C11H10N2O3. The summed E-state index contributed by atoms with van der Waals surface area (Å²) in [6, 6.07) is 3.51. The summed E-state index contributed by atoms with van der Waals surface area (Å²) in [6.45, 7) is 1.67. The molecule has 0 unspecified atom stereocenters. The average molecular weight is 218 g/mol. The van der Waals surface area contributed by atoms with Crippen LogP contribution in [0, 0.1) is 6.92 Å². The third-order valence-corrected chi connectivity index (χ3v) is 2.21. The van der Waals surface area contributed by atoms with Crippen molar-refractivity contribution in [2.24, 2.45) is 0 Å². The van der Waals surface area contributed by atoms with Crippen LogP contribution in [0.4, 0.5) is 0 Å². The molecule has 2 rings (SSSR count). The Kier molecular flexibility index (Phi) is 2.68. The maximum absolute atomic E-state index is 11.6. The Morgan fingerprint density at radius 2 is 2.06 bits per heavy atom. The van der Waals surface area contributed by atoms with Crippen LogP contribution in [0.1, 0.15) is 16.1 Å². The molecule has 0 aliphatic carbocycles. The zero-order chi connectivity index (χ0) is 11.5. The average Bonchev–Trinajstić information content (AvgIpc) is 2.71. The maximum Gasteiger partial charge on any atom is 0.343 e. The number of aryl methyl sites for hydroxylation is 1. The van der Waals surface area contributed by atoms with Gasteiger partial charge < -0.3 is 9.26 Å². The summed E-state index contributed by atoms with van der Waals surface area (Å²) in [4.78, 5) is 15.4. The molecule has 0 saturated carbocycles. The lowest BCUT2D eigenvalue weighted by Crippen LogP contribution is -2.03. The first-order chi connectivity index (χ1) is 7.74. The molecule has 0 amide bonds. The molecule has 0 atom stereocenters. The molecule has 0 spiro atoms. The summed E-state index contributed by atoms with van der Waals surface area (Å²) in [5.74, 6) is -0.00998. The van der Waals surface area contributed by atoms with Crippen molar-refractivity contribution in [3.63, 3.8) is 0 Å². The first kappa shape index (κ1) is 10.4. The molecule has 0 radical (unpaired) electrons. The number of rotatable bonds is 2. The fourth-order valence-corrected chi connectivity index (χ4v) is 1.42. The van der Waals surface area contributed by atoms with Gasteiger partial charge in [0.15, 0.2) is 0 Å². The number of carbonyl (C=O) groups is 1. The predicted molar refractivity (Wildman–Crippen MR) is 55.8 cm³/mol. The van der Waals surface area contributed by atoms with Gasteiger partial charge in [0.2, 0.25) is 0 Å². The second-order valence-electron chi connectivity index (χ2n) is 3.19. The minimum atomic E-state index is -0.453. The Hall–Kier alpha value is -2.17. The number of esters is 1. The van der Waals surface area contributed by atoms with Crippen LogP contribution in [0.3, 0.4) is 0 Å². The summed E-state index contributed by atoms with van der Waals surface area (Å²) < 4.78 is 9.68. The summed E-state index contributed by atoms with van der Waals surface area (Å²) in [5, 5.41) is 3.85. The number of carbonyl (C=O) groups excluding carboxylic acids is 1. The van der Waals surface area contributed by atoms with Crippen LogP contribution in [0.25, 0.3) is 11.3 Å². The highest BCUT2D eigenvalue weighted by atomic mass is 16.5. The minimum absolute atomic E-state index is 0.355. The molecule has 2 heterocycles. The topological polar surface area (TPSA) is 65.2 Å². The van der Waals surface area contributed by atoms with Crippen LogP contribution in [-0.2, 0) is 4.74 Å². The van der Waals surface area contributed by atoms with Crippen LogP contribution in [0.2, 0.25) is 0 Å². The van der Waals surface area contributed by atoms with Gasteiger partial charge in [0.1, 0.15) is 17.0 Å². The number of hydrogen-bond acceptors (Lipinski definition) is 5. The molecule has 0 aromatic carbocycles. The minimum Gasteiger partial charge on any atom is -0.465 e. The number of hydrogen-bond donors (Lipinski definition) is 0. The molecule has 0 aliphatic rings. The van der Waals surface area contributed by atoms with Gasteiger partial charge in [-0.05, 0) is 19.1 Å². The normalized spacial score (nSPS) is 10.1. The second kappa shape index (κ2) is 4.14. The summed E-state index contributed by atoms with van der Waals surface area (Å²) in [5.41, 5.74) is 1.60. The molecule has 0 fully saturated rings. The molecule has 2 aromatic heterocycles. The van der Waals surface area contributed by atoms with Crippen LogP contribution in [0.15, 0.2) is 29.0 Å². The van der Waals surface area contributed by atoms with Gasteiger partial charge in [-0.1, -0.05) is 5.16 Å². The summed E-state index contributed by atoms with van der Waals surface area (Å²) >= 11 is 0. The van der Waals surface area contributed by atoms with Crippen molar-refractivity contribution in [1.29, 1.82) is 0 Å². The third-order valence-electron chi connectivity index (χ3n) is 2.21. The molecule has 16 heavy (non-hydrogen) atoms. The van der Waals surface area contributed by atoms with Crippen molar-refractivity contribution in [3.8, 4) is 11.3 Å². The molecule has 0 saturated heterocycles. The van der Waals surface area contributed by atoms with E-state index in [4.69, 9.17) is 4.52 Å². The number of pyridine rings is 1. The Morgan fingerprint density at radius 1 is 1.38 bits per heavy atom. The highest BCUT2D eigenvalue weighted by Crippen LogP contribution is 2.24. The van der Waals surface area contributed by atoms with E-state index in [0.29, 0.717) is 17.0 Å². The zero-order valence-corrected chi connectivity index (χ0v) is 8.93. The first-order valence-electron chi connectivity index (χ1n) is 4.69. The van der Waals surface area contributed by atoms with Crippen molar-refractivity contribution in [3.05, 3.63) is 35.9 Å². The van der Waals surface area contributed by atoms with E-state index in [1.807, 2.05) is 0 Å². The van der Waals surface area contributed by atoms with E-state index in [1.54, 1.807) is 31.5 Å². The quantitative estimate of drug-likeness (QED) is 0.719. The molecule has 2 aromatic rings. The van der Waals surface area contributed by atoms with Gasteiger partial charge in [-0.15, -0.1) is 0 Å². The molecule has 82 valence electrons. The lowest BCUT2D eigenvalue weighted by atomic mass is 10.1. The van der Waals surface area contributed by atoms with E-state index < -0.39 is 5.97 Å². The fourth-order valence-electron chi connectivity index (χ4n) is 1.42. The van der Waals surface area contributed by atoms with E-state index in [9.17, 15) is 4.79 Å². The lowest BCUT2D eigenvalue weighted by Gasteiger charge is -1.99. The maximum atomic E-state index is 11.6. The molecule has 0 bridgehead atoms. The summed E-state index contributed by atoms with van der Waals surface area (Å²) in [7, 11) is 1.32. The fraction of sp³-hybridized carbons (Fsp3) is 0.182.